The van der Waals surface area contributed by atoms with Gasteiger partial charge in [-0.1, -0.05) is 15.9 Å². The number of aryl methyl sites for hydroxylation is 1. The van der Waals surface area contributed by atoms with Gasteiger partial charge in [0.05, 0.1) is 5.56 Å². The summed E-state index contributed by atoms with van der Waals surface area (Å²) in [7, 11) is 0. The van der Waals surface area contributed by atoms with Gasteiger partial charge in [0.15, 0.2) is 13.1 Å². The fourth-order valence-corrected chi connectivity index (χ4v) is 1.81. The molecule has 0 heterocycles. The molecular formula is C11H13BrO3. The number of aldehydes is 1. The van der Waals surface area contributed by atoms with Gasteiger partial charge < -0.3 is 9.47 Å². The number of ether oxygens (including phenoxy) is 2. The maximum absolute atomic E-state index is 10.8. The van der Waals surface area contributed by atoms with Crippen LogP contribution in [-0.2, 0) is 4.74 Å². The van der Waals surface area contributed by atoms with E-state index in [0.29, 0.717) is 17.9 Å². The minimum Gasteiger partial charge on any atom is -0.467 e. The van der Waals surface area contributed by atoms with Gasteiger partial charge >= 0.3 is 0 Å². The second kappa shape index (κ2) is 5.88. The molecule has 0 amide bonds. The monoisotopic (exact) mass is 272 g/mol. The Morgan fingerprint density at radius 3 is 2.80 bits per heavy atom. The van der Waals surface area contributed by atoms with Crippen LogP contribution in [0.1, 0.15) is 22.8 Å². The van der Waals surface area contributed by atoms with E-state index in [9.17, 15) is 4.79 Å². The van der Waals surface area contributed by atoms with E-state index in [-0.39, 0.29) is 6.79 Å². The lowest BCUT2D eigenvalue weighted by atomic mass is 10.1. The number of rotatable bonds is 5. The van der Waals surface area contributed by atoms with E-state index in [1.807, 2.05) is 19.9 Å². The molecule has 4 heteroatoms. The average Bonchev–Trinajstić information content (AvgIpc) is 2.20. The van der Waals surface area contributed by atoms with E-state index in [4.69, 9.17) is 9.47 Å². The van der Waals surface area contributed by atoms with Crippen molar-refractivity contribution < 1.29 is 14.3 Å². The molecule has 0 bridgehead atoms. The third kappa shape index (κ3) is 3.32. The van der Waals surface area contributed by atoms with Crippen LogP contribution in [0.15, 0.2) is 16.6 Å². The molecular weight excluding hydrogens is 260 g/mol. The summed E-state index contributed by atoms with van der Waals surface area (Å²) in [6.07, 6.45) is 0.777. The van der Waals surface area contributed by atoms with E-state index >= 15 is 0 Å². The van der Waals surface area contributed by atoms with Gasteiger partial charge in [-0.25, -0.2) is 0 Å². The molecule has 1 aromatic carbocycles. The minimum atomic E-state index is 0.166. The molecule has 0 aliphatic carbocycles. The molecule has 0 atom stereocenters. The van der Waals surface area contributed by atoms with Crippen molar-refractivity contribution in [1.29, 1.82) is 0 Å². The summed E-state index contributed by atoms with van der Waals surface area (Å²) < 4.78 is 11.3. The number of benzene rings is 1. The molecule has 0 N–H and O–H groups in total. The second-order valence-corrected chi connectivity index (χ2v) is 3.93. The van der Waals surface area contributed by atoms with E-state index < -0.39 is 0 Å². The smallest absolute Gasteiger partial charge is 0.189 e. The third-order valence-corrected chi connectivity index (χ3v) is 2.34. The lowest BCUT2D eigenvalue weighted by Crippen LogP contribution is -2.05. The molecule has 0 aromatic heterocycles. The molecule has 1 aromatic rings. The van der Waals surface area contributed by atoms with Crippen LogP contribution in [-0.4, -0.2) is 19.7 Å². The average molecular weight is 273 g/mol. The maximum atomic E-state index is 10.8. The fourth-order valence-electron chi connectivity index (χ4n) is 1.22. The van der Waals surface area contributed by atoms with Gasteiger partial charge in [0, 0.05) is 11.1 Å². The molecule has 0 aliphatic rings. The van der Waals surface area contributed by atoms with Crippen molar-refractivity contribution in [3.05, 3.63) is 27.7 Å². The molecule has 3 nitrogen and oxygen atoms in total. The van der Waals surface area contributed by atoms with Crippen molar-refractivity contribution in [2.24, 2.45) is 0 Å². The topological polar surface area (TPSA) is 35.5 Å². The van der Waals surface area contributed by atoms with Gasteiger partial charge in [0.25, 0.3) is 0 Å². The molecule has 82 valence electrons. The first-order chi connectivity index (χ1) is 7.19. The van der Waals surface area contributed by atoms with Crippen molar-refractivity contribution in [3.8, 4) is 5.75 Å². The predicted molar refractivity (Wildman–Crippen MR) is 61.4 cm³/mol. The number of halogens is 1. The standard InChI is InChI=1S/C11H13BrO3/c1-3-14-7-15-11-8(2)4-10(12)5-9(11)6-13/h4-6H,3,7H2,1-2H3. The Balaban J connectivity index is 2.89. The second-order valence-electron chi connectivity index (χ2n) is 3.01. The van der Waals surface area contributed by atoms with Crippen LogP contribution in [0.4, 0.5) is 0 Å². The van der Waals surface area contributed by atoms with E-state index in [0.717, 1.165) is 16.3 Å². The first-order valence-electron chi connectivity index (χ1n) is 4.65. The lowest BCUT2D eigenvalue weighted by molar-refractivity contribution is 0.0216. The highest BCUT2D eigenvalue weighted by atomic mass is 79.9. The van der Waals surface area contributed by atoms with E-state index in [1.165, 1.54) is 0 Å². The SMILES string of the molecule is CCOCOc1c(C)cc(Br)cc1C=O. The molecule has 0 saturated carbocycles. The van der Waals surface area contributed by atoms with Gasteiger partial charge in [0.1, 0.15) is 5.75 Å². The number of hydrogen-bond donors (Lipinski definition) is 0. The van der Waals surface area contributed by atoms with Crippen LogP contribution in [0.5, 0.6) is 5.75 Å². The third-order valence-electron chi connectivity index (χ3n) is 1.89. The highest BCUT2D eigenvalue weighted by molar-refractivity contribution is 9.10. The Hall–Kier alpha value is -0.870. The van der Waals surface area contributed by atoms with Gasteiger partial charge in [-0.05, 0) is 31.5 Å². The Morgan fingerprint density at radius 2 is 2.20 bits per heavy atom. The van der Waals surface area contributed by atoms with Crippen molar-refractivity contribution in [2.75, 3.05) is 13.4 Å². The highest BCUT2D eigenvalue weighted by Crippen LogP contribution is 2.26. The zero-order valence-corrected chi connectivity index (χ0v) is 10.3. The summed E-state index contributed by atoms with van der Waals surface area (Å²) in [5.41, 5.74) is 1.44. The van der Waals surface area contributed by atoms with Gasteiger partial charge in [-0.3, -0.25) is 4.79 Å². The van der Waals surface area contributed by atoms with Crippen LogP contribution >= 0.6 is 15.9 Å². The van der Waals surface area contributed by atoms with Crippen LogP contribution in [0.25, 0.3) is 0 Å². The van der Waals surface area contributed by atoms with Crippen molar-refractivity contribution in [2.45, 2.75) is 13.8 Å². The molecule has 0 radical (unpaired) electrons. The normalized spacial score (nSPS) is 10.1. The summed E-state index contributed by atoms with van der Waals surface area (Å²) in [5.74, 6) is 0.585. The van der Waals surface area contributed by atoms with E-state index in [1.54, 1.807) is 6.07 Å². The first kappa shape index (κ1) is 12.2. The lowest BCUT2D eigenvalue weighted by Gasteiger charge is -2.11. The minimum absolute atomic E-state index is 0.166. The Morgan fingerprint density at radius 1 is 1.47 bits per heavy atom. The van der Waals surface area contributed by atoms with Crippen LogP contribution in [0.3, 0.4) is 0 Å². The van der Waals surface area contributed by atoms with Crippen molar-refractivity contribution in [1.82, 2.24) is 0 Å². The summed E-state index contributed by atoms with van der Waals surface area (Å²) in [4.78, 5) is 10.8. The largest absolute Gasteiger partial charge is 0.467 e. The fraction of sp³-hybridized carbons (Fsp3) is 0.364. The number of hydrogen-bond acceptors (Lipinski definition) is 3. The number of carbonyl (C=O) groups is 1. The van der Waals surface area contributed by atoms with Crippen LogP contribution in [0, 0.1) is 6.92 Å². The van der Waals surface area contributed by atoms with Gasteiger partial charge in [0.2, 0.25) is 0 Å². The Bertz CT molecular complexity index is 350. The predicted octanol–water partition coefficient (Wildman–Crippen LogP) is 2.94. The molecule has 0 saturated heterocycles. The summed E-state index contributed by atoms with van der Waals surface area (Å²) >= 11 is 3.32. The molecule has 0 fully saturated rings. The van der Waals surface area contributed by atoms with Crippen LogP contribution < -0.4 is 4.74 Å². The summed E-state index contributed by atoms with van der Waals surface area (Å²) in [6.45, 7) is 4.53. The van der Waals surface area contributed by atoms with Gasteiger partial charge in [-0.15, -0.1) is 0 Å². The zero-order chi connectivity index (χ0) is 11.3. The summed E-state index contributed by atoms with van der Waals surface area (Å²) in [5, 5.41) is 0. The molecule has 0 spiro atoms. The zero-order valence-electron chi connectivity index (χ0n) is 8.75. The molecule has 1 rings (SSSR count). The molecule has 0 unspecified atom stereocenters. The molecule has 15 heavy (non-hydrogen) atoms. The Labute approximate surface area is 97.5 Å². The van der Waals surface area contributed by atoms with Crippen molar-refractivity contribution >= 4 is 22.2 Å². The number of carbonyl (C=O) groups excluding carboxylic acids is 1. The quantitative estimate of drug-likeness (QED) is 0.470. The van der Waals surface area contributed by atoms with E-state index in [2.05, 4.69) is 15.9 Å². The Kier molecular flexibility index (Phi) is 4.78. The van der Waals surface area contributed by atoms with Crippen molar-refractivity contribution in [3.63, 3.8) is 0 Å². The highest BCUT2D eigenvalue weighted by Gasteiger charge is 2.08. The van der Waals surface area contributed by atoms with Gasteiger partial charge in [-0.2, -0.15) is 0 Å². The summed E-state index contributed by atoms with van der Waals surface area (Å²) in [6, 6.07) is 3.62. The first-order valence-corrected chi connectivity index (χ1v) is 5.44. The van der Waals surface area contributed by atoms with Crippen LogP contribution in [0.2, 0.25) is 0 Å². The molecule has 0 aliphatic heterocycles. The maximum Gasteiger partial charge on any atom is 0.189 e.